The molecule has 3 atom stereocenters. The Morgan fingerprint density at radius 3 is 2.81 bits per heavy atom. The van der Waals surface area contributed by atoms with Crippen LogP contribution in [0.5, 0.6) is 0 Å². The molecule has 1 aliphatic carbocycles. The van der Waals surface area contributed by atoms with Crippen LogP contribution in [0.3, 0.4) is 0 Å². The number of thiophene rings is 1. The fourth-order valence-corrected chi connectivity index (χ4v) is 10.1. The molecule has 0 amide bonds. The first-order valence-electron chi connectivity index (χ1n) is 11.8. The highest BCUT2D eigenvalue weighted by molar-refractivity contribution is 8.08. The van der Waals surface area contributed by atoms with E-state index < -0.39 is 0 Å². The third-order valence-corrected chi connectivity index (χ3v) is 12.0. The molecule has 4 aromatic rings. The van der Waals surface area contributed by atoms with Crippen molar-refractivity contribution >= 4 is 72.8 Å². The molecule has 1 aliphatic heterocycles. The van der Waals surface area contributed by atoms with Crippen molar-refractivity contribution in [1.82, 2.24) is 0 Å². The summed E-state index contributed by atoms with van der Waals surface area (Å²) in [6.45, 7) is 3.92. The number of hydrogen-bond acceptors (Lipinski definition) is 6. The van der Waals surface area contributed by atoms with Gasteiger partial charge in [0.15, 0.2) is 0 Å². The molecule has 2 aliphatic rings. The van der Waals surface area contributed by atoms with E-state index in [0.29, 0.717) is 17.8 Å². The summed E-state index contributed by atoms with van der Waals surface area (Å²) in [7, 11) is 0. The molecule has 0 spiro atoms. The first kappa shape index (κ1) is 24.0. The summed E-state index contributed by atoms with van der Waals surface area (Å²) in [4.78, 5) is 15.9. The maximum atomic E-state index is 11.9. The van der Waals surface area contributed by atoms with Gasteiger partial charge >= 0.3 is 5.97 Å². The number of carbonyl (C=O) groups is 1. The van der Waals surface area contributed by atoms with Crippen molar-refractivity contribution in [3.63, 3.8) is 0 Å². The van der Waals surface area contributed by atoms with Gasteiger partial charge in [-0.05, 0) is 28.7 Å². The molecular weight excluding hydrogens is 521 g/mol. The molecule has 2 heterocycles. The third-order valence-electron chi connectivity index (χ3n) is 6.39. The fourth-order valence-electron chi connectivity index (χ4n) is 4.71. The molecule has 36 heavy (non-hydrogen) atoms. The Hall–Kier alpha value is -2.38. The zero-order valence-electron chi connectivity index (χ0n) is 19.5. The Labute approximate surface area is 227 Å². The molecule has 6 heteroatoms. The Morgan fingerprint density at radius 2 is 1.89 bits per heavy atom. The lowest BCUT2D eigenvalue weighted by atomic mass is 9.92. The Kier molecular flexibility index (Phi) is 7.02. The number of fused-ring (bicyclic) bond motifs is 6. The zero-order valence-corrected chi connectivity index (χ0v) is 22.7. The summed E-state index contributed by atoms with van der Waals surface area (Å²) in [6, 6.07) is 23.9. The quantitative estimate of drug-likeness (QED) is 0.126. The van der Waals surface area contributed by atoms with E-state index in [1.807, 2.05) is 46.6 Å². The summed E-state index contributed by atoms with van der Waals surface area (Å²) in [5.74, 6) is 0.878. The van der Waals surface area contributed by atoms with Crippen molar-refractivity contribution in [3.8, 4) is 0 Å². The number of allylic oxidation sites excluding steroid dienone is 3. The second kappa shape index (κ2) is 10.5. The SMILES string of the molecule is C=CC(=O)OCC(CSc1cccc2c1sc1ccccc12)SC1=CC=CC2c3ccccc3SC12. The van der Waals surface area contributed by atoms with Crippen LogP contribution in [0.15, 0.2) is 112 Å². The first-order chi connectivity index (χ1) is 17.7. The maximum absolute atomic E-state index is 11.9. The summed E-state index contributed by atoms with van der Waals surface area (Å²) in [5, 5.41) is 3.14. The number of benzene rings is 3. The predicted octanol–water partition coefficient (Wildman–Crippen LogP) is 8.69. The van der Waals surface area contributed by atoms with Gasteiger partial charge in [0.1, 0.15) is 6.61 Å². The second-order valence-corrected chi connectivity index (χ2v) is 13.3. The summed E-state index contributed by atoms with van der Waals surface area (Å²) in [5.41, 5.74) is 1.41. The van der Waals surface area contributed by atoms with E-state index in [4.69, 9.17) is 4.74 Å². The fraction of sp³-hybridized carbons (Fsp3) is 0.167. The van der Waals surface area contributed by atoms with Gasteiger partial charge in [-0.15, -0.1) is 46.6 Å². The third kappa shape index (κ3) is 4.68. The number of esters is 1. The number of rotatable bonds is 8. The van der Waals surface area contributed by atoms with Crippen molar-refractivity contribution in [2.24, 2.45) is 0 Å². The standard InChI is InChI=1S/C30H24O2S4/c1-2-28(31)32-17-19(34-27-16-8-12-23-21-10-4-6-14-25(21)36-30(23)27)18-33-26-15-7-11-22-20-9-3-5-13-24(20)35-29(22)26/h2-16,19,23,30H,1,17-18H2. The molecule has 3 unspecified atom stereocenters. The van der Waals surface area contributed by atoms with Crippen molar-refractivity contribution in [2.75, 3.05) is 12.4 Å². The minimum absolute atomic E-state index is 0.131. The monoisotopic (exact) mass is 544 g/mol. The van der Waals surface area contributed by atoms with Gasteiger partial charge < -0.3 is 4.74 Å². The van der Waals surface area contributed by atoms with Gasteiger partial charge in [0.05, 0.1) is 10.5 Å². The second-order valence-electron chi connectivity index (χ2n) is 8.67. The minimum Gasteiger partial charge on any atom is -0.461 e. The van der Waals surface area contributed by atoms with E-state index in [1.165, 1.54) is 46.5 Å². The van der Waals surface area contributed by atoms with Crippen LogP contribution in [0.25, 0.3) is 20.2 Å². The lowest BCUT2D eigenvalue weighted by Crippen LogP contribution is -2.21. The molecule has 0 saturated heterocycles. The Morgan fingerprint density at radius 1 is 1.06 bits per heavy atom. The average molecular weight is 545 g/mol. The van der Waals surface area contributed by atoms with Crippen LogP contribution in [-0.2, 0) is 9.53 Å². The van der Waals surface area contributed by atoms with Crippen molar-refractivity contribution in [3.05, 3.63) is 108 Å². The van der Waals surface area contributed by atoms with E-state index in [1.54, 1.807) is 0 Å². The highest BCUT2D eigenvalue weighted by Crippen LogP contribution is 2.53. The number of hydrogen-bond donors (Lipinski definition) is 0. The molecule has 180 valence electrons. The highest BCUT2D eigenvalue weighted by Gasteiger charge is 2.36. The van der Waals surface area contributed by atoms with Gasteiger partial charge in [-0.3, -0.25) is 0 Å². The maximum Gasteiger partial charge on any atom is 0.330 e. The van der Waals surface area contributed by atoms with Gasteiger partial charge in [0.25, 0.3) is 0 Å². The van der Waals surface area contributed by atoms with E-state index in [0.717, 1.165) is 5.75 Å². The number of carbonyl (C=O) groups excluding carboxylic acids is 1. The van der Waals surface area contributed by atoms with Gasteiger partial charge in [0, 0.05) is 47.7 Å². The summed E-state index contributed by atoms with van der Waals surface area (Å²) < 4.78 is 8.20. The first-order valence-corrected chi connectivity index (χ1v) is 15.4. The van der Waals surface area contributed by atoms with Gasteiger partial charge in [-0.1, -0.05) is 73.3 Å². The average Bonchev–Trinajstić information content (AvgIpc) is 3.49. The lowest BCUT2D eigenvalue weighted by Gasteiger charge is -2.26. The minimum atomic E-state index is -0.366. The van der Waals surface area contributed by atoms with E-state index in [9.17, 15) is 4.79 Å². The van der Waals surface area contributed by atoms with Gasteiger partial charge in [-0.25, -0.2) is 4.79 Å². The van der Waals surface area contributed by atoms with Crippen molar-refractivity contribution in [1.29, 1.82) is 0 Å². The Balaban J connectivity index is 1.23. The predicted molar refractivity (Wildman–Crippen MR) is 159 cm³/mol. The van der Waals surface area contributed by atoms with Crippen LogP contribution in [0.2, 0.25) is 0 Å². The van der Waals surface area contributed by atoms with Gasteiger partial charge in [-0.2, -0.15) is 0 Å². The summed E-state index contributed by atoms with van der Waals surface area (Å²) >= 11 is 7.51. The molecule has 0 radical (unpaired) electrons. The van der Waals surface area contributed by atoms with Crippen molar-refractivity contribution in [2.45, 2.75) is 26.2 Å². The number of thioether (sulfide) groups is 3. The summed E-state index contributed by atoms with van der Waals surface area (Å²) in [6.07, 6.45) is 7.99. The number of ether oxygens (including phenoxy) is 1. The smallest absolute Gasteiger partial charge is 0.330 e. The zero-order chi connectivity index (χ0) is 24.5. The molecule has 0 saturated carbocycles. The van der Waals surface area contributed by atoms with Crippen LogP contribution >= 0.6 is 46.6 Å². The van der Waals surface area contributed by atoms with Crippen molar-refractivity contribution < 1.29 is 9.53 Å². The molecule has 1 aromatic heterocycles. The largest absolute Gasteiger partial charge is 0.461 e. The van der Waals surface area contributed by atoms with E-state index in [2.05, 4.69) is 91.5 Å². The molecule has 0 bridgehead atoms. The Bertz CT molecular complexity index is 1520. The van der Waals surface area contributed by atoms with E-state index >= 15 is 0 Å². The van der Waals surface area contributed by atoms with Crippen LogP contribution in [0.1, 0.15) is 11.5 Å². The molecule has 6 rings (SSSR count). The van der Waals surface area contributed by atoms with Crippen LogP contribution in [-0.4, -0.2) is 28.8 Å². The highest BCUT2D eigenvalue weighted by atomic mass is 32.2. The molecular formula is C30H24O2S4. The molecule has 2 nitrogen and oxygen atoms in total. The van der Waals surface area contributed by atoms with Crippen LogP contribution in [0, 0.1) is 0 Å². The van der Waals surface area contributed by atoms with Crippen LogP contribution < -0.4 is 0 Å². The normalized spacial score (nSPS) is 19.1. The van der Waals surface area contributed by atoms with Gasteiger partial charge in [0.2, 0.25) is 0 Å². The van der Waals surface area contributed by atoms with E-state index in [-0.39, 0.29) is 11.2 Å². The molecule has 0 N–H and O–H groups in total. The van der Waals surface area contributed by atoms with Crippen LogP contribution in [0.4, 0.5) is 0 Å². The lowest BCUT2D eigenvalue weighted by molar-refractivity contribution is -0.137. The molecule has 3 aromatic carbocycles. The topological polar surface area (TPSA) is 26.3 Å². The molecule has 0 fully saturated rings.